The van der Waals surface area contributed by atoms with Crippen LogP contribution in [0.15, 0.2) is 30.5 Å². The predicted octanol–water partition coefficient (Wildman–Crippen LogP) is 2.97. The Morgan fingerprint density at radius 1 is 1.21 bits per heavy atom. The van der Waals surface area contributed by atoms with E-state index in [4.69, 9.17) is 11.6 Å². The van der Waals surface area contributed by atoms with Gasteiger partial charge >= 0.3 is 0 Å². The molecule has 0 unspecified atom stereocenters. The van der Waals surface area contributed by atoms with Crippen LogP contribution in [0.1, 0.15) is 23.2 Å². The number of carbonyl (C=O) groups excluding carboxylic acids is 1. The SMILES string of the molecule is O=C(c1cn[nH]c1-c1ccc(Cl)cc1)N1CCCC1. The number of amides is 1. The molecule has 3 rings (SSSR count). The number of aromatic nitrogens is 2. The summed E-state index contributed by atoms with van der Waals surface area (Å²) < 4.78 is 0. The van der Waals surface area contributed by atoms with E-state index < -0.39 is 0 Å². The molecular formula is C14H14ClN3O. The van der Waals surface area contributed by atoms with Crippen LogP contribution in [-0.2, 0) is 0 Å². The van der Waals surface area contributed by atoms with Crippen molar-refractivity contribution in [2.24, 2.45) is 0 Å². The van der Waals surface area contributed by atoms with Crippen molar-refractivity contribution < 1.29 is 4.79 Å². The molecule has 1 amide bonds. The molecule has 19 heavy (non-hydrogen) atoms. The average molecular weight is 276 g/mol. The van der Waals surface area contributed by atoms with Crippen LogP contribution >= 0.6 is 11.6 Å². The molecule has 0 radical (unpaired) electrons. The van der Waals surface area contributed by atoms with Crippen molar-refractivity contribution >= 4 is 17.5 Å². The number of benzene rings is 1. The Morgan fingerprint density at radius 2 is 1.89 bits per heavy atom. The summed E-state index contributed by atoms with van der Waals surface area (Å²) in [4.78, 5) is 14.3. The maximum atomic E-state index is 12.4. The van der Waals surface area contributed by atoms with Gasteiger partial charge in [0.1, 0.15) is 0 Å². The van der Waals surface area contributed by atoms with E-state index in [9.17, 15) is 4.79 Å². The average Bonchev–Trinajstić information content (AvgIpc) is 3.10. The number of carbonyl (C=O) groups is 1. The second-order valence-corrected chi connectivity index (χ2v) is 5.10. The summed E-state index contributed by atoms with van der Waals surface area (Å²) in [6, 6.07) is 7.39. The molecule has 0 bridgehead atoms. The molecule has 1 aromatic carbocycles. The number of nitrogens with one attached hydrogen (secondary N) is 1. The Morgan fingerprint density at radius 3 is 2.58 bits per heavy atom. The summed E-state index contributed by atoms with van der Waals surface area (Å²) in [6.07, 6.45) is 3.77. The van der Waals surface area contributed by atoms with Crippen molar-refractivity contribution in [3.05, 3.63) is 41.0 Å². The third-order valence-electron chi connectivity index (χ3n) is 3.40. The third kappa shape index (κ3) is 2.36. The summed E-state index contributed by atoms with van der Waals surface area (Å²) in [5, 5.41) is 7.59. The van der Waals surface area contributed by atoms with Crippen molar-refractivity contribution in [2.45, 2.75) is 12.8 Å². The summed E-state index contributed by atoms with van der Waals surface area (Å²) in [6.45, 7) is 1.67. The van der Waals surface area contributed by atoms with Gasteiger partial charge in [0.25, 0.3) is 5.91 Å². The fraction of sp³-hybridized carbons (Fsp3) is 0.286. The van der Waals surface area contributed by atoms with Gasteiger partial charge in [-0.2, -0.15) is 5.10 Å². The van der Waals surface area contributed by atoms with Crippen molar-refractivity contribution in [3.63, 3.8) is 0 Å². The summed E-state index contributed by atoms with van der Waals surface area (Å²) in [5.41, 5.74) is 2.31. The van der Waals surface area contributed by atoms with Gasteiger partial charge in [-0.25, -0.2) is 0 Å². The summed E-state index contributed by atoms with van der Waals surface area (Å²) >= 11 is 5.88. The Kier molecular flexibility index (Phi) is 3.25. The fourth-order valence-electron chi connectivity index (χ4n) is 2.38. The van der Waals surface area contributed by atoms with Crippen LogP contribution in [0.2, 0.25) is 5.02 Å². The van der Waals surface area contributed by atoms with Crippen LogP contribution in [0.5, 0.6) is 0 Å². The molecule has 0 atom stereocenters. The number of likely N-dealkylation sites (tertiary alicyclic amines) is 1. The molecule has 1 fully saturated rings. The Balaban J connectivity index is 1.93. The van der Waals surface area contributed by atoms with Gasteiger partial charge in [0, 0.05) is 23.7 Å². The van der Waals surface area contributed by atoms with Gasteiger partial charge in [-0.15, -0.1) is 0 Å². The molecule has 0 aliphatic carbocycles. The van der Waals surface area contributed by atoms with E-state index in [-0.39, 0.29) is 5.91 Å². The van der Waals surface area contributed by atoms with Crippen LogP contribution in [-0.4, -0.2) is 34.1 Å². The number of halogens is 1. The first-order valence-corrected chi connectivity index (χ1v) is 6.72. The Bertz CT molecular complexity index is 585. The lowest BCUT2D eigenvalue weighted by Crippen LogP contribution is -2.27. The molecule has 4 nitrogen and oxygen atoms in total. The normalized spacial score (nSPS) is 14.9. The summed E-state index contributed by atoms with van der Waals surface area (Å²) in [5.74, 6) is 0.0520. The molecule has 98 valence electrons. The topological polar surface area (TPSA) is 49.0 Å². The minimum Gasteiger partial charge on any atom is -0.339 e. The lowest BCUT2D eigenvalue weighted by Gasteiger charge is -2.14. The zero-order valence-corrected chi connectivity index (χ0v) is 11.2. The number of H-pyrrole nitrogens is 1. The molecule has 1 N–H and O–H groups in total. The number of aromatic amines is 1. The van der Waals surface area contributed by atoms with E-state index in [0.717, 1.165) is 37.2 Å². The first-order valence-electron chi connectivity index (χ1n) is 6.34. The van der Waals surface area contributed by atoms with E-state index in [1.54, 1.807) is 6.20 Å². The molecule has 1 aliphatic rings. The van der Waals surface area contributed by atoms with Crippen molar-refractivity contribution in [2.75, 3.05) is 13.1 Å². The minimum atomic E-state index is 0.0520. The van der Waals surface area contributed by atoms with Gasteiger partial charge in [0.05, 0.1) is 17.5 Å². The number of nitrogens with zero attached hydrogens (tertiary/aromatic N) is 2. The van der Waals surface area contributed by atoms with Gasteiger partial charge < -0.3 is 4.90 Å². The van der Waals surface area contributed by atoms with E-state index >= 15 is 0 Å². The monoisotopic (exact) mass is 275 g/mol. The lowest BCUT2D eigenvalue weighted by molar-refractivity contribution is 0.0793. The van der Waals surface area contributed by atoms with E-state index in [1.165, 1.54) is 0 Å². The Hall–Kier alpha value is -1.81. The Labute approximate surface area is 116 Å². The smallest absolute Gasteiger partial charge is 0.257 e. The van der Waals surface area contributed by atoms with Crippen LogP contribution < -0.4 is 0 Å². The van der Waals surface area contributed by atoms with Crippen molar-refractivity contribution in [3.8, 4) is 11.3 Å². The number of rotatable bonds is 2. The van der Waals surface area contributed by atoms with Gasteiger partial charge in [0.2, 0.25) is 0 Å². The lowest BCUT2D eigenvalue weighted by atomic mass is 10.1. The van der Waals surface area contributed by atoms with Gasteiger partial charge in [-0.3, -0.25) is 9.89 Å². The highest BCUT2D eigenvalue weighted by Gasteiger charge is 2.23. The van der Waals surface area contributed by atoms with Gasteiger partial charge in [0.15, 0.2) is 0 Å². The molecule has 0 saturated carbocycles. The first-order chi connectivity index (χ1) is 9.25. The quantitative estimate of drug-likeness (QED) is 0.916. The second kappa shape index (κ2) is 5.05. The molecule has 0 spiro atoms. The molecule has 5 heteroatoms. The number of hydrogen-bond donors (Lipinski definition) is 1. The zero-order valence-electron chi connectivity index (χ0n) is 10.4. The highest BCUT2D eigenvalue weighted by atomic mass is 35.5. The van der Waals surface area contributed by atoms with E-state index in [0.29, 0.717) is 10.6 Å². The second-order valence-electron chi connectivity index (χ2n) is 4.66. The largest absolute Gasteiger partial charge is 0.339 e. The van der Waals surface area contributed by atoms with Gasteiger partial charge in [-0.1, -0.05) is 23.7 Å². The predicted molar refractivity (Wildman–Crippen MR) is 74.2 cm³/mol. The molecule has 1 saturated heterocycles. The molecule has 2 aromatic rings. The maximum Gasteiger partial charge on any atom is 0.257 e. The van der Waals surface area contributed by atoms with Crippen LogP contribution in [0, 0.1) is 0 Å². The standard InChI is InChI=1S/C14H14ClN3O/c15-11-5-3-10(4-6-11)13-12(9-16-17-13)14(19)18-7-1-2-8-18/h3-6,9H,1-2,7-8H2,(H,16,17). The highest BCUT2D eigenvalue weighted by molar-refractivity contribution is 6.30. The summed E-state index contributed by atoms with van der Waals surface area (Å²) in [7, 11) is 0. The minimum absolute atomic E-state index is 0.0520. The molecule has 2 heterocycles. The maximum absolute atomic E-state index is 12.4. The fourth-order valence-corrected chi connectivity index (χ4v) is 2.50. The molecule has 1 aromatic heterocycles. The van der Waals surface area contributed by atoms with Crippen LogP contribution in [0.3, 0.4) is 0 Å². The number of hydrogen-bond acceptors (Lipinski definition) is 2. The molecular weight excluding hydrogens is 262 g/mol. The van der Waals surface area contributed by atoms with E-state index in [1.807, 2.05) is 29.2 Å². The third-order valence-corrected chi connectivity index (χ3v) is 3.65. The van der Waals surface area contributed by atoms with Crippen molar-refractivity contribution in [1.29, 1.82) is 0 Å². The zero-order chi connectivity index (χ0) is 13.2. The van der Waals surface area contributed by atoms with E-state index in [2.05, 4.69) is 10.2 Å². The first kappa shape index (κ1) is 12.2. The highest BCUT2D eigenvalue weighted by Crippen LogP contribution is 2.24. The van der Waals surface area contributed by atoms with Crippen LogP contribution in [0.25, 0.3) is 11.3 Å². The molecule has 1 aliphatic heterocycles. The van der Waals surface area contributed by atoms with Crippen molar-refractivity contribution in [1.82, 2.24) is 15.1 Å². The van der Waals surface area contributed by atoms with Gasteiger partial charge in [-0.05, 0) is 25.0 Å². The van der Waals surface area contributed by atoms with Crippen LogP contribution in [0.4, 0.5) is 0 Å².